The topological polar surface area (TPSA) is 68.6 Å². The number of aryl methyl sites for hydroxylation is 1. The van der Waals surface area contributed by atoms with Gasteiger partial charge in [0.15, 0.2) is 0 Å². The van der Waals surface area contributed by atoms with E-state index < -0.39 is 0 Å². The number of methoxy groups -OCH3 is 1. The fourth-order valence-electron chi connectivity index (χ4n) is 3.91. The number of para-hydroxylation sites is 1. The lowest BCUT2D eigenvalue weighted by Crippen LogP contribution is -2.43. The molecule has 0 bridgehead atoms. The standard InChI is InChI=1S/C27H34N4O3/c1-5-25-24(18-30(17-20-14-15-20)27(32)28-19(2)3)26(31(29-25)21-10-7-6-8-11-21)34-23-13-9-12-22(16-23)33-4/h6-13,16,19-20H,5,14-15,17-18H2,1-4H3,(H,28,32). The van der Waals surface area contributed by atoms with Crippen LogP contribution in [-0.4, -0.2) is 40.4 Å². The van der Waals surface area contributed by atoms with Gasteiger partial charge in [-0.15, -0.1) is 0 Å². The molecule has 3 aromatic rings. The number of hydrogen-bond acceptors (Lipinski definition) is 4. The predicted octanol–water partition coefficient (Wildman–Crippen LogP) is 5.57. The summed E-state index contributed by atoms with van der Waals surface area (Å²) in [5.41, 5.74) is 2.75. The zero-order chi connectivity index (χ0) is 24.1. The Morgan fingerprint density at radius 3 is 2.53 bits per heavy atom. The van der Waals surface area contributed by atoms with Crippen LogP contribution in [0.4, 0.5) is 4.79 Å². The van der Waals surface area contributed by atoms with Gasteiger partial charge in [-0.1, -0.05) is 31.2 Å². The number of urea groups is 1. The minimum absolute atomic E-state index is 0.0521. The third-order valence-corrected chi connectivity index (χ3v) is 5.83. The molecule has 0 radical (unpaired) electrons. The van der Waals surface area contributed by atoms with E-state index in [1.807, 2.05) is 78.0 Å². The van der Waals surface area contributed by atoms with E-state index in [9.17, 15) is 4.79 Å². The van der Waals surface area contributed by atoms with Crippen molar-refractivity contribution in [1.29, 1.82) is 0 Å². The Balaban J connectivity index is 1.76. The summed E-state index contributed by atoms with van der Waals surface area (Å²) in [7, 11) is 1.64. The van der Waals surface area contributed by atoms with Gasteiger partial charge in [-0.05, 0) is 63.3 Å². The zero-order valence-electron chi connectivity index (χ0n) is 20.5. The van der Waals surface area contributed by atoms with Gasteiger partial charge in [0.2, 0.25) is 5.88 Å². The molecule has 1 heterocycles. The minimum Gasteiger partial charge on any atom is -0.497 e. The third kappa shape index (κ3) is 5.71. The van der Waals surface area contributed by atoms with Gasteiger partial charge in [0, 0.05) is 18.7 Å². The van der Waals surface area contributed by atoms with Crippen molar-refractivity contribution in [2.75, 3.05) is 13.7 Å². The summed E-state index contributed by atoms with van der Waals surface area (Å²) < 4.78 is 13.7. The van der Waals surface area contributed by atoms with E-state index in [2.05, 4.69) is 12.2 Å². The summed E-state index contributed by atoms with van der Waals surface area (Å²) in [6, 6.07) is 17.5. The summed E-state index contributed by atoms with van der Waals surface area (Å²) in [5, 5.41) is 7.97. The first kappa shape index (κ1) is 23.7. The van der Waals surface area contributed by atoms with Crippen molar-refractivity contribution >= 4 is 6.03 Å². The maximum atomic E-state index is 13.1. The van der Waals surface area contributed by atoms with Gasteiger partial charge < -0.3 is 19.7 Å². The Morgan fingerprint density at radius 1 is 1.15 bits per heavy atom. The van der Waals surface area contributed by atoms with Crippen LogP contribution in [0.5, 0.6) is 17.4 Å². The average Bonchev–Trinajstić information content (AvgIpc) is 3.60. The van der Waals surface area contributed by atoms with E-state index in [4.69, 9.17) is 14.6 Å². The van der Waals surface area contributed by atoms with Crippen LogP contribution in [0.3, 0.4) is 0 Å². The maximum absolute atomic E-state index is 13.1. The van der Waals surface area contributed by atoms with Crippen LogP contribution in [0.15, 0.2) is 54.6 Å². The van der Waals surface area contributed by atoms with Crippen LogP contribution in [0, 0.1) is 5.92 Å². The molecule has 0 atom stereocenters. The highest BCUT2D eigenvalue weighted by atomic mass is 16.5. The monoisotopic (exact) mass is 462 g/mol. The summed E-state index contributed by atoms with van der Waals surface area (Å²) in [6.07, 6.45) is 3.07. The van der Waals surface area contributed by atoms with Crippen LogP contribution in [-0.2, 0) is 13.0 Å². The molecule has 1 saturated carbocycles. The van der Waals surface area contributed by atoms with Crippen LogP contribution in [0.25, 0.3) is 5.69 Å². The molecule has 1 fully saturated rings. The van der Waals surface area contributed by atoms with E-state index in [0.717, 1.165) is 29.9 Å². The number of hydrogen-bond donors (Lipinski definition) is 1. The van der Waals surface area contributed by atoms with E-state index in [-0.39, 0.29) is 12.1 Å². The zero-order valence-corrected chi connectivity index (χ0v) is 20.5. The lowest BCUT2D eigenvalue weighted by Gasteiger charge is -2.25. The molecule has 180 valence electrons. The summed E-state index contributed by atoms with van der Waals surface area (Å²) in [5.74, 6) is 2.55. The first-order valence-electron chi connectivity index (χ1n) is 12.0. The number of carbonyl (C=O) groups is 1. The number of carbonyl (C=O) groups excluding carboxylic acids is 1. The van der Waals surface area contributed by atoms with E-state index >= 15 is 0 Å². The summed E-state index contributed by atoms with van der Waals surface area (Å²) in [6.45, 7) is 7.21. The number of nitrogens with one attached hydrogen (secondary N) is 1. The number of nitrogens with zero attached hydrogens (tertiary/aromatic N) is 3. The Kier molecular flexibility index (Phi) is 7.40. The normalized spacial score (nSPS) is 13.1. The second-order valence-electron chi connectivity index (χ2n) is 9.04. The summed E-state index contributed by atoms with van der Waals surface area (Å²) >= 11 is 0. The van der Waals surface area contributed by atoms with Gasteiger partial charge in [-0.25, -0.2) is 9.48 Å². The second kappa shape index (κ2) is 10.6. The Morgan fingerprint density at radius 2 is 1.88 bits per heavy atom. The largest absolute Gasteiger partial charge is 0.497 e. The SMILES string of the molecule is CCc1nn(-c2ccccc2)c(Oc2cccc(OC)c2)c1CN(CC1CC1)C(=O)NC(C)C. The number of amides is 2. The Hall–Kier alpha value is -3.48. The van der Waals surface area contributed by atoms with Crippen molar-refractivity contribution in [2.24, 2.45) is 5.92 Å². The average molecular weight is 463 g/mol. The molecule has 7 heteroatoms. The molecule has 0 unspecified atom stereocenters. The van der Waals surface area contributed by atoms with Crippen LogP contribution in [0.2, 0.25) is 0 Å². The number of benzene rings is 2. The lowest BCUT2D eigenvalue weighted by atomic mass is 10.1. The lowest BCUT2D eigenvalue weighted by molar-refractivity contribution is 0.189. The third-order valence-electron chi connectivity index (χ3n) is 5.83. The van der Waals surface area contributed by atoms with Gasteiger partial charge in [0.05, 0.1) is 30.6 Å². The molecule has 2 amide bonds. The minimum atomic E-state index is -0.0521. The van der Waals surface area contributed by atoms with Gasteiger partial charge >= 0.3 is 6.03 Å². The van der Waals surface area contributed by atoms with Gasteiger partial charge in [-0.3, -0.25) is 0 Å². The highest BCUT2D eigenvalue weighted by Crippen LogP contribution is 2.35. The predicted molar refractivity (Wildman–Crippen MR) is 133 cm³/mol. The fourth-order valence-corrected chi connectivity index (χ4v) is 3.91. The highest BCUT2D eigenvalue weighted by molar-refractivity contribution is 5.74. The molecule has 1 aliphatic rings. The van der Waals surface area contributed by atoms with Crippen molar-refractivity contribution in [3.05, 3.63) is 65.9 Å². The van der Waals surface area contributed by atoms with Gasteiger partial charge in [-0.2, -0.15) is 5.10 Å². The number of ether oxygens (including phenoxy) is 2. The molecule has 2 aromatic carbocycles. The highest BCUT2D eigenvalue weighted by Gasteiger charge is 2.30. The molecular weight excluding hydrogens is 428 g/mol. The Labute approximate surface area is 201 Å². The molecule has 0 spiro atoms. The number of aromatic nitrogens is 2. The first-order valence-corrected chi connectivity index (χ1v) is 12.0. The second-order valence-corrected chi connectivity index (χ2v) is 9.04. The van der Waals surface area contributed by atoms with Gasteiger partial charge in [0.25, 0.3) is 0 Å². The van der Waals surface area contributed by atoms with Crippen molar-refractivity contribution in [3.8, 4) is 23.1 Å². The van der Waals surface area contributed by atoms with Gasteiger partial charge in [0.1, 0.15) is 11.5 Å². The molecule has 1 aliphatic carbocycles. The van der Waals surface area contributed by atoms with Crippen molar-refractivity contribution in [1.82, 2.24) is 20.0 Å². The van der Waals surface area contributed by atoms with Crippen LogP contribution in [0.1, 0.15) is 44.9 Å². The number of rotatable bonds is 10. The molecule has 0 saturated heterocycles. The maximum Gasteiger partial charge on any atom is 0.317 e. The first-order chi connectivity index (χ1) is 16.5. The molecule has 0 aliphatic heterocycles. The van der Waals surface area contributed by atoms with E-state index in [1.165, 1.54) is 12.8 Å². The fraction of sp³-hybridized carbons (Fsp3) is 0.407. The quantitative estimate of drug-likeness (QED) is 0.428. The van der Waals surface area contributed by atoms with Crippen LogP contribution >= 0.6 is 0 Å². The van der Waals surface area contributed by atoms with E-state index in [0.29, 0.717) is 29.8 Å². The molecule has 4 rings (SSSR count). The van der Waals surface area contributed by atoms with Crippen LogP contribution < -0.4 is 14.8 Å². The van der Waals surface area contributed by atoms with E-state index in [1.54, 1.807) is 7.11 Å². The molecule has 1 N–H and O–H groups in total. The van der Waals surface area contributed by atoms with Crippen molar-refractivity contribution < 1.29 is 14.3 Å². The summed E-state index contributed by atoms with van der Waals surface area (Å²) in [4.78, 5) is 15.0. The van der Waals surface area contributed by atoms with Crippen molar-refractivity contribution in [2.45, 2.75) is 52.6 Å². The van der Waals surface area contributed by atoms with Crippen molar-refractivity contribution in [3.63, 3.8) is 0 Å². The molecular formula is C27H34N4O3. The molecule has 1 aromatic heterocycles. The molecule has 34 heavy (non-hydrogen) atoms. The smallest absolute Gasteiger partial charge is 0.317 e. The Bertz CT molecular complexity index is 1110. The molecule has 7 nitrogen and oxygen atoms in total.